The van der Waals surface area contributed by atoms with Gasteiger partial charge in [0.2, 0.25) is 5.71 Å². The van der Waals surface area contributed by atoms with Crippen molar-refractivity contribution in [3.05, 3.63) is 146 Å². The first-order chi connectivity index (χ1) is 23.3. The topological polar surface area (TPSA) is 90.5 Å². The van der Waals surface area contributed by atoms with Gasteiger partial charge in [0.05, 0.1) is 16.8 Å². The SMILES string of the molecule is c1ccc(-c2nc(-c3ccccc3)nc(-c3ccc(-c4cccc5cnc(-c6ccc7c(n6)oc6cccnc67)cc45)cc3)n2)cc1. The van der Waals surface area contributed by atoms with Crippen molar-refractivity contribution in [2.45, 2.75) is 0 Å². The van der Waals surface area contributed by atoms with Gasteiger partial charge >= 0.3 is 0 Å². The largest absolute Gasteiger partial charge is 0.436 e. The molecule has 0 atom stereocenters. The molecule has 0 bridgehead atoms. The second-order valence-corrected chi connectivity index (χ2v) is 11.2. The molecular formula is C40H24N6O. The molecule has 0 saturated heterocycles. The predicted octanol–water partition coefficient (Wildman–Crippen LogP) is 9.44. The quantitative estimate of drug-likeness (QED) is 0.193. The standard InChI is InChI=1S/C40H24N6O/c1-3-9-26(10-4-1)37-44-38(27-11-5-2-6-12-27)46-39(45-37)28-18-16-25(17-19-28)30-14-7-13-29-24-42-34(23-32(29)30)33-21-20-31-36-35(15-8-22-41-36)47-40(31)43-33/h1-24H. The molecule has 0 fully saturated rings. The van der Waals surface area contributed by atoms with Gasteiger partial charge in [-0.25, -0.2) is 19.9 Å². The number of aromatic nitrogens is 6. The van der Waals surface area contributed by atoms with E-state index in [2.05, 4.69) is 53.5 Å². The number of benzene rings is 4. The number of fused-ring (bicyclic) bond motifs is 4. The number of rotatable bonds is 5. The Morgan fingerprint density at radius 2 is 1.11 bits per heavy atom. The second kappa shape index (κ2) is 11.1. The molecule has 0 amide bonds. The van der Waals surface area contributed by atoms with E-state index in [4.69, 9.17) is 29.3 Å². The van der Waals surface area contributed by atoms with Gasteiger partial charge in [-0.05, 0) is 46.8 Å². The Balaban J connectivity index is 1.10. The highest BCUT2D eigenvalue weighted by molar-refractivity contribution is 6.02. The van der Waals surface area contributed by atoms with E-state index < -0.39 is 0 Å². The number of hydrogen-bond donors (Lipinski definition) is 0. The Hall–Kier alpha value is -6.60. The van der Waals surface area contributed by atoms with Crippen LogP contribution in [0.3, 0.4) is 0 Å². The normalized spacial score (nSPS) is 11.4. The Morgan fingerprint density at radius 1 is 0.447 bits per heavy atom. The van der Waals surface area contributed by atoms with E-state index in [0.29, 0.717) is 28.8 Å². The Morgan fingerprint density at radius 3 is 1.81 bits per heavy atom. The maximum atomic E-state index is 5.99. The summed E-state index contributed by atoms with van der Waals surface area (Å²) in [5, 5.41) is 3.01. The minimum absolute atomic E-state index is 0.547. The molecule has 0 aliphatic heterocycles. The first kappa shape index (κ1) is 26.8. The van der Waals surface area contributed by atoms with Crippen molar-refractivity contribution in [3.8, 4) is 56.7 Å². The number of furan rings is 1. The van der Waals surface area contributed by atoms with Crippen LogP contribution in [0.25, 0.3) is 89.7 Å². The lowest BCUT2D eigenvalue weighted by Crippen LogP contribution is -2.00. The Labute approximate surface area is 269 Å². The smallest absolute Gasteiger partial charge is 0.229 e. The summed E-state index contributed by atoms with van der Waals surface area (Å²) in [4.78, 5) is 28.6. The molecule has 47 heavy (non-hydrogen) atoms. The summed E-state index contributed by atoms with van der Waals surface area (Å²) in [6.07, 6.45) is 3.66. The predicted molar refractivity (Wildman–Crippen MR) is 185 cm³/mol. The molecule has 5 aromatic heterocycles. The van der Waals surface area contributed by atoms with Gasteiger partial charge in [-0.2, -0.15) is 0 Å². The lowest BCUT2D eigenvalue weighted by Gasteiger charge is -2.11. The molecule has 5 heterocycles. The highest BCUT2D eigenvalue weighted by Gasteiger charge is 2.15. The zero-order valence-corrected chi connectivity index (χ0v) is 24.9. The monoisotopic (exact) mass is 604 g/mol. The van der Waals surface area contributed by atoms with Crippen LogP contribution in [0.2, 0.25) is 0 Å². The molecule has 7 heteroatoms. The molecule has 9 aromatic rings. The third-order valence-electron chi connectivity index (χ3n) is 8.27. The fourth-order valence-corrected chi connectivity index (χ4v) is 5.92. The number of hydrogen-bond acceptors (Lipinski definition) is 7. The van der Waals surface area contributed by atoms with E-state index in [1.807, 2.05) is 91.1 Å². The summed E-state index contributed by atoms with van der Waals surface area (Å²) in [6.45, 7) is 0. The fourth-order valence-electron chi connectivity index (χ4n) is 5.92. The van der Waals surface area contributed by atoms with Crippen LogP contribution >= 0.6 is 0 Å². The summed E-state index contributed by atoms with van der Waals surface area (Å²) in [7, 11) is 0. The van der Waals surface area contributed by atoms with Crippen LogP contribution in [0.5, 0.6) is 0 Å². The number of pyridine rings is 3. The average Bonchev–Trinajstić information content (AvgIpc) is 3.53. The van der Waals surface area contributed by atoms with Crippen molar-refractivity contribution in [2.75, 3.05) is 0 Å². The Bertz CT molecular complexity index is 2510. The lowest BCUT2D eigenvalue weighted by atomic mass is 9.97. The molecule has 4 aromatic carbocycles. The summed E-state index contributed by atoms with van der Waals surface area (Å²) < 4.78 is 5.99. The van der Waals surface area contributed by atoms with Crippen molar-refractivity contribution < 1.29 is 4.42 Å². The highest BCUT2D eigenvalue weighted by Crippen LogP contribution is 2.34. The summed E-state index contributed by atoms with van der Waals surface area (Å²) in [5.74, 6) is 1.90. The second-order valence-electron chi connectivity index (χ2n) is 11.2. The molecule has 0 unspecified atom stereocenters. The van der Waals surface area contributed by atoms with Gasteiger partial charge in [-0.1, -0.05) is 103 Å². The van der Waals surface area contributed by atoms with Crippen LogP contribution in [0, 0.1) is 0 Å². The third kappa shape index (κ3) is 4.87. The molecule has 0 aliphatic carbocycles. The molecule has 9 rings (SSSR count). The van der Waals surface area contributed by atoms with E-state index in [9.17, 15) is 0 Å². The van der Waals surface area contributed by atoms with Gasteiger partial charge in [0.25, 0.3) is 0 Å². The van der Waals surface area contributed by atoms with Gasteiger partial charge in [0, 0.05) is 34.5 Å². The Kier molecular flexibility index (Phi) is 6.31. The zero-order chi connectivity index (χ0) is 31.2. The van der Waals surface area contributed by atoms with Gasteiger partial charge < -0.3 is 4.42 Å². The van der Waals surface area contributed by atoms with Gasteiger partial charge in [-0.3, -0.25) is 9.97 Å². The van der Waals surface area contributed by atoms with Crippen LogP contribution in [0.4, 0.5) is 0 Å². The minimum atomic E-state index is 0.547. The minimum Gasteiger partial charge on any atom is -0.436 e. The van der Waals surface area contributed by atoms with E-state index in [0.717, 1.165) is 60.9 Å². The number of nitrogens with zero attached hydrogens (tertiary/aromatic N) is 6. The van der Waals surface area contributed by atoms with E-state index in [1.54, 1.807) is 6.20 Å². The van der Waals surface area contributed by atoms with E-state index in [1.165, 1.54) is 0 Å². The van der Waals surface area contributed by atoms with Gasteiger partial charge in [0.1, 0.15) is 5.52 Å². The van der Waals surface area contributed by atoms with E-state index >= 15 is 0 Å². The molecule has 7 nitrogen and oxygen atoms in total. The summed E-state index contributed by atoms with van der Waals surface area (Å²) in [5.41, 5.74) is 8.54. The molecule has 0 radical (unpaired) electrons. The molecule has 0 saturated carbocycles. The van der Waals surface area contributed by atoms with Crippen molar-refractivity contribution in [1.82, 2.24) is 29.9 Å². The maximum absolute atomic E-state index is 5.99. The van der Waals surface area contributed by atoms with Crippen LogP contribution in [-0.4, -0.2) is 29.9 Å². The molecule has 0 N–H and O–H groups in total. The summed E-state index contributed by atoms with van der Waals surface area (Å²) >= 11 is 0. The van der Waals surface area contributed by atoms with Crippen molar-refractivity contribution >= 4 is 33.0 Å². The van der Waals surface area contributed by atoms with Crippen LogP contribution < -0.4 is 0 Å². The fraction of sp³-hybridized carbons (Fsp3) is 0. The average molecular weight is 605 g/mol. The first-order valence-corrected chi connectivity index (χ1v) is 15.3. The third-order valence-corrected chi connectivity index (χ3v) is 8.27. The maximum Gasteiger partial charge on any atom is 0.229 e. The van der Waals surface area contributed by atoms with Crippen LogP contribution in [-0.2, 0) is 0 Å². The first-order valence-electron chi connectivity index (χ1n) is 15.3. The van der Waals surface area contributed by atoms with Crippen molar-refractivity contribution in [3.63, 3.8) is 0 Å². The van der Waals surface area contributed by atoms with Gasteiger partial charge in [0.15, 0.2) is 23.1 Å². The zero-order valence-electron chi connectivity index (χ0n) is 24.9. The van der Waals surface area contributed by atoms with Crippen LogP contribution in [0.15, 0.2) is 150 Å². The summed E-state index contributed by atoms with van der Waals surface area (Å²) in [6, 6.07) is 44.5. The molecule has 0 spiro atoms. The molecular weight excluding hydrogens is 580 g/mol. The molecule has 220 valence electrons. The van der Waals surface area contributed by atoms with Crippen molar-refractivity contribution in [2.24, 2.45) is 0 Å². The molecule has 0 aliphatic rings. The lowest BCUT2D eigenvalue weighted by molar-refractivity contribution is 0.654. The van der Waals surface area contributed by atoms with Crippen molar-refractivity contribution in [1.29, 1.82) is 0 Å². The highest BCUT2D eigenvalue weighted by atomic mass is 16.3. The van der Waals surface area contributed by atoms with Gasteiger partial charge in [-0.15, -0.1) is 0 Å². The van der Waals surface area contributed by atoms with E-state index in [-0.39, 0.29) is 0 Å². The van der Waals surface area contributed by atoms with Crippen LogP contribution in [0.1, 0.15) is 0 Å².